The summed E-state index contributed by atoms with van der Waals surface area (Å²) in [6.45, 7) is 4.01. The Bertz CT molecular complexity index is 451. The van der Waals surface area contributed by atoms with E-state index >= 15 is 0 Å². The standard InChI is InChI=1S/C16H26FN3S/c1-13(21-4)15-7-6-14(10-18-15)20-9-5-8-16(17,12-20)11-19(2)3/h6-7,10,13H,5,8-9,11-12H2,1-4H3. The van der Waals surface area contributed by atoms with Crippen molar-refractivity contribution < 1.29 is 4.39 Å². The van der Waals surface area contributed by atoms with Crippen LogP contribution in [0, 0.1) is 0 Å². The van der Waals surface area contributed by atoms with E-state index in [1.165, 1.54) is 0 Å². The molecule has 0 saturated carbocycles. The molecule has 0 amide bonds. The van der Waals surface area contributed by atoms with Gasteiger partial charge in [-0.1, -0.05) is 0 Å². The molecule has 2 rings (SSSR count). The molecule has 1 fully saturated rings. The van der Waals surface area contributed by atoms with E-state index in [-0.39, 0.29) is 0 Å². The Labute approximate surface area is 131 Å². The topological polar surface area (TPSA) is 19.4 Å². The van der Waals surface area contributed by atoms with Crippen molar-refractivity contribution >= 4 is 17.4 Å². The molecular formula is C16H26FN3S. The van der Waals surface area contributed by atoms with E-state index in [0.29, 0.717) is 24.8 Å². The van der Waals surface area contributed by atoms with E-state index in [2.05, 4.69) is 35.2 Å². The van der Waals surface area contributed by atoms with Crippen LogP contribution in [-0.2, 0) is 0 Å². The highest BCUT2D eigenvalue weighted by Crippen LogP contribution is 2.30. The molecule has 1 aliphatic rings. The molecule has 118 valence electrons. The number of alkyl halides is 1. The van der Waals surface area contributed by atoms with E-state index in [1.54, 1.807) is 11.8 Å². The minimum Gasteiger partial charge on any atom is -0.367 e. The number of hydrogen-bond acceptors (Lipinski definition) is 4. The van der Waals surface area contributed by atoms with Crippen molar-refractivity contribution in [2.24, 2.45) is 0 Å². The summed E-state index contributed by atoms with van der Waals surface area (Å²) in [6.07, 6.45) is 5.52. The molecule has 1 aliphatic heterocycles. The third-order valence-electron chi connectivity index (χ3n) is 4.03. The highest BCUT2D eigenvalue weighted by atomic mass is 32.2. The van der Waals surface area contributed by atoms with Gasteiger partial charge in [0.2, 0.25) is 0 Å². The van der Waals surface area contributed by atoms with Crippen LogP contribution in [0.4, 0.5) is 10.1 Å². The third-order valence-corrected chi connectivity index (χ3v) is 4.98. The Hall–Kier alpha value is -0.810. The molecule has 0 N–H and O–H groups in total. The maximum absolute atomic E-state index is 14.9. The van der Waals surface area contributed by atoms with E-state index in [4.69, 9.17) is 0 Å². The fourth-order valence-electron chi connectivity index (χ4n) is 2.95. The van der Waals surface area contributed by atoms with Crippen LogP contribution >= 0.6 is 11.8 Å². The molecule has 2 heterocycles. The largest absolute Gasteiger partial charge is 0.367 e. The number of pyridine rings is 1. The summed E-state index contributed by atoms with van der Waals surface area (Å²) >= 11 is 1.78. The van der Waals surface area contributed by atoms with Gasteiger partial charge in [0.25, 0.3) is 0 Å². The monoisotopic (exact) mass is 311 g/mol. The Balaban J connectivity index is 2.07. The fourth-order valence-corrected chi connectivity index (χ4v) is 3.33. The van der Waals surface area contributed by atoms with E-state index in [9.17, 15) is 4.39 Å². The van der Waals surface area contributed by atoms with Crippen molar-refractivity contribution in [2.75, 3.05) is 44.9 Å². The van der Waals surface area contributed by atoms with Crippen molar-refractivity contribution in [1.29, 1.82) is 0 Å². The van der Waals surface area contributed by atoms with Crippen LogP contribution in [-0.4, -0.2) is 55.5 Å². The quantitative estimate of drug-likeness (QED) is 0.830. The van der Waals surface area contributed by atoms with Gasteiger partial charge in [-0.05, 0) is 52.2 Å². The van der Waals surface area contributed by atoms with Gasteiger partial charge in [-0.3, -0.25) is 4.98 Å². The zero-order valence-corrected chi connectivity index (χ0v) is 14.3. The zero-order chi connectivity index (χ0) is 15.5. The van der Waals surface area contributed by atoms with Crippen molar-refractivity contribution in [3.63, 3.8) is 0 Å². The maximum Gasteiger partial charge on any atom is 0.141 e. The number of piperidine rings is 1. The summed E-state index contributed by atoms with van der Waals surface area (Å²) in [7, 11) is 3.86. The van der Waals surface area contributed by atoms with Gasteiger partial charge >= 0.3 is 0 Å². The molecule has 21 heavy (non-hydrogen) atoms. The van der Waals surface area contributed by atoms with Crippen LogP contribution in [0.25, 0.3) is 0 Å². The summed E-state index contributed by atoms with van der Waals surface area (Å²) in [5, 5.41) is 0.398. The molecule has 2 atom stereocenters. The van der Waals surface area contributed by atoms with Crippen molar-refractivity contribution in [1.82, 2.24) is 9.88 Å². The number of nitrogens with zero attached hydrogens (tertiary/aromatic N) is 3. The van der Waals surface area contributed by atoms with Crippen LogP contribution in [0.15, 0.2) is 18.3 Å². The SMILES string of the molecule is CSC(C)c1ccc(N2CCCC(F)(CN(C)C)C2)cn1. The van der Waals surface area contributed by atoms with E-state index in [0.717, 1.165) is 24.3 Å². The molecule has 2 unspecified atom stereocenters. The second-order valence-electron chi connectivity index (χ2n) is 6.23. The predicted octanol–water partition coefficient (Wildman–Crippen LogP) is 3.38. The first-order valence-corrected chi connectivity index (χ1v) is 8.80. The van der Waals surface area contributed by atoms with Gasteiger partial charge in [0.05, 0.1) is 24.1 Å². The summed E-state index contributed by atoms with van der Waals surface area (Å²) in [5.74, 6) is 0. The number of rotatable bonds is 5. The molecule has 0 radical (unpaired) electrons. The van der Waals surface area contributed by atoms with E-state index in [1.807, 2.05) is 25.2 Å². The van der Waals surface area contributed by atoms with Crippen molar-refractivity contribution in [3.05, 3.63) is 24.0 Å². The highest BCUT2D eigenvalue weighted by molar-refractivity contribution is 7.98. The lowest BCUT2D eigenvalue weighted by molar-refractivity contribution is 0.0977. The molecule has 3 nitrogen and oxygen atoms in total. The summed E-state index contributed by atoms with van der Waals surface area (Å²) in [5.41, 5.74) is 1.00. The smallest absolute Gasteiger partial charge is 0.141 e. The Morgan fingerprint density at radius 3 is 2.81 bits per heavy atom. The Morgan fingerprint density at radius 1 is 1.48 bits per heavy atom. The molecule has 1 aromatic rings. The summed E-state index contributed by atoms with van der Waals surface area (Å²) in [6, 6.07) is 4.15. The molecule has 1 aromatic heterocycles. The maximum atomic E-state index is 14.9. The lowest BCUT2D eigenvalue weighted by Crippen LogP contribution is -2.50. The molecule has 0 spiro atoms. The number of aromatic nitrogens is 1. The lowest BCUT2D eigenvalue weighted by atomic mass is 9.94. The Kier molecular flexibility index (Phi) is 5.49. The molecule has 0 bridgehead atoms. The second-order valence-corrected chi connectivity index (χ2v) is 7.41. The molecule has 5 heteroatoms. The average molecular weight is 311 g/mol. The van der Waals surface area contributed by atoms with Crippen LogP contribution in [0.2, 0.25) is 0 Å². The molecule has 0 aromatic carbocycles. The Morgan fingerprint density at radius 2 is 2.24 bits per heavy atom. The summed E-state index contributed by atoms with van der Waals surface area (Å²) < 4.78 is 14.9. The number of anilines is 1. The van der Waals surface area contributed by atoms with Gasteiger partial charge < -0.3 is 9.80 Å². The average Bonchev–Trinajstić information content (AvgIpc) is 2.45. The fraction of sp³-hybridized carbons (Fsp3) is 0.688. The molecule has 1 saturated heterocycles. The third kappa shape index (κ3) is 4.33. The first kappa shape index (κ1) is 16.6. The normalized spacial score (nSPS) is 24.4. The van der Waals surface area contributed by atoms with Crippen LogP contribution < -0.4 is 4.90 Å². The number of hydrogen-bond donors (Lipinski definition) is 0. The summed E-state index contributed by atoms with van der Waals surface area (Å²) in [4.78, 5) is 8.61. The van der Waals surface area contributed by atoms with E-state index < -0.39 is 5.67 Å². The minimum absolute atomic E-state index is 0.398. The van der Waals surface area contributed by atoms with Crippen molar-refractivity contribution in [2.45, 2.75) is 30.7 Å². The highest BCUT2D eigenvalue weighted by Gasteiger charge is 2.36. The van der Waals surface area contributed by atoms with Gasteiger partial charge in [-0.2, -0.15) is 11.8 Å². The van der Waals surface area contributed by atoms with Crippen LogP contribution in [0.3, 0.4) is 0 Å². The molecular weight excluding hydrogens is 285 g/mol. The van der Waals surface area contributed by atoms with Gasteiger partial charge in [0, 0.05) is 18.3 Å². The predicted molar refractivity (Wildman–Crippen MR) is 90.0 cm³/mol. The lowest BCUT2D eigenvalue weighted by Gasteiger charge is -2.39. The van der Waals surface area contributed by atoms with Gasteiger partial charge in [-0.25, -0.2) is 4.39 Å². The van der Waals surface area contributed by atoms with Gasteiger partial charge in [0.1, 0.15) is 5.67 Å². The number of thioether (sulfide) groups is 1. The second kappa shape index (κ2) is 6.97. The van der Waals surface area contributed by atoms with Gasteiger partial charge in [-0.15, -0.1) is 0 Å². The first-order valence-electron chi connectivity index (χ1n) is 7.51. The van der Waals surface area contributed by atoms with Gasteiger partial charge in [0.15, 0.2) is 0 Å². The van der Waals surface area contributed by atoms with Crippen LogP contribution in [0.5, 0.6) is 0 Å². The first-order chi connectivity index (χ1) is 9.93. The number of halogens is 1. The zero-order valence-electron chi connectivity index (χ0n) is 13.5. The van der Waals surface area contributed by atoms with Crippen LogP contribution in [0.1, 0.15) is 30.7 Å². The minimum atomic E-state index is -1.12. The molecule has 0 aliphatic carbocycles. The van der Waals surface area contributed by atoms with Crippen molar-refractivity contribution in [3.8, 4) is 0 Å².